The zero-order chi connectivity index (χ0) is 21.0. The van der Waals surface area contributed by atoms with Crippen molar-refractivity contribution in [3.05, 3.63) is 65.2 Å². The Bertz CT molecular complexity index is 1010. The van der Waals surface area contributed by atoms with E-state index in [1.165, 1.54) is 0 Å². The standard InChI is InChI=1S/C22H25N3O3S/c1-15(2)29(27,28)25-21-5-3-4-20(21)17-10-12-19(13-11-17)24-22(26)18-8-6-16(14-23)7-9-18/h6-13,15,20-21,25H,3-5H2,1-2H3,(H,24,26). The molecule has 1 aliphatic carbocycles. The number of carbonyl (C=O) groups is 1. The Morgan fingerprint density at radius 3 is 2.31 bits per heavy atom. The Morgan fingerprint density at radius 1 is 1.07 bits per heavy atom. The molecule has 0 saturated heterocycles. The van der Waals surface area contributed by atoms with Crippen molar-refractivity contribution in [3.8, 4) is 6.07 Å². The fraction of sp³-hybridized carbons (Fsp3) is 0.364. The van der Waals surface area contributed by atoms with E-state index in [0.29, 0.717) is 16.8 Å². The molecular weight excluding hydrogens is 386 g/mol. The summed E-state index contributed by atoms with van der Waals surface area (Å²) in [5, 5.41) is 11.2. The second-order valence-electron chi connectivity index (χ2n) is 7.62. The topological polar surface area (TPSA) is 99.1 Å². The fourth-order valence-electron chi connectivity index (χ4n) is 3.56. The number of hydrogen-bond donors (Lipinski definition) is 2. The van der Waals surface area contributed by atoms with Crippen LogP contribution in [0.2, 0.25) is 0 Å². The average molecular weight is 412 g/mol. The number of rotatable bonds is 6. The van der Waals surface area contributed by atoms with Gasteiger partial charge in [-0.15, -0.1) is 0 Å². The van der Waals surface area contributed by atoms with Crippen molar-refractivity contribution in [1.82, 2.24) is 4.72 Å². The van der Waals surface area contributed by atoms with E-state index in [1.54, 1.807) is 38.1 Å². The molecule has 6 nitrogen and oxygen atoms in total. The Kier molecular flexibility index (Phi) is 6.36. The highest BCUT2D eigenvalue weighted by molar-refractivity contribution is 7.90. The van der Waals surface area contributed by atoms with Crippen LogP contribution in [0.5, 0.6) is 0 Å². The van der Waals surface area contributed by atoms with Crippen LogP contribution in [-0.2, 0) is 10.0 Å². The number of anilines is 1. The van der Waals surface area contributed by atoms with Crippen LogP contribution in [0.1, 0.15) is 60.5 Å². The van der Waals surface area contributed by atoms with Gasteiger partial charge in [0.15, 0.2) is 0 Å². The van der Waals surface area contributed by atoms with Gasteiger partial charge in [-0.1, -0.05) is 18.6 Å². The highest BCUT2D eigenvalue weighted by Crippen LogP contribution is 2.35. The first-order chi connectivity index (χ1) is 13.8. The van der Waals surface area contributed by atoms with Crippen LogP contribution < -0.4 is 10.0 Å². The lowest BCUT2D eigenvalue weighted by Crippen LogP contribution is -2.40. The van der Waals surface area contributed by atoms with Crippen molar-refractivity contribution in [1.29, 1.82) is 5.26 Å². The van der Waals surface area contributed by atoms with Gasteiger partial charge in [0.1, 0.15) is 0 Å². The molecule has 2 aromatic rings. The second kappa shape index (κ2) is 8.76. The summed E-state index contributed by atoms with van der Waals surface area (Å²) in [7, 11) is -3.31. The molecule has 2 atom stereocenters. The first kappa shape index (κ1) is 21.0. The fourth-order valence-corrected chi connectivity index (χ4v) is 4.54. The molecule has 2 unspecified atom stereocenters. The van der Waals surface area contributed by atoms with Gasteiger partial charge < -0.3 is 5.32 Å². The van der Waals surface area contributed by atoms with Crippen LogP contribution in [-0.4, -0.2) is 25.6 Å². The van der Waals surface area contributed by atoms with Crippen LogP contribution in [0.25, 0.3) is 0 Å². The summed E-state index contributed by atoms with van der Waals surface area (Å²) in [6.45, 7) is 3.36. The van der Waals surface area contributed by atoms with Gasteiger partial charge in [0, 0.05) is 23.2 Å². The number of amides is 1. The minimum Gasteiger partial charge on any atom is -0.322 e. The molecule has 0 heterocycles. The number of hydrogen-bond acceptors (Lipinski definition) is 4. The summed E-state index contributed by atoms with van der Waals surface area (Å²) in [5.41, 5.74) is 2.72. The van der Waals surface area contributed by atoms with E-state index in [2.05, 4.69) is 10.0 Å². The summed E-state index contributed by atoms with van der Waals surface area (Å²) in [6.07, 6.45) is 2.74. The predicted octanol–water partition coefficient (Wildman–Crippen LogP) is 3.77. The number of benzene rings is 2. The summed E-state index contributed by atoms with van der Waals surface area (Å²) < 4.78 is 27.3. The third kappa shape index (κ3) is 5.03. The molecule has 0 radical (unpaired) electrons. The molecule has 2 aromatic carbocycles. The summed E-state index contributed by atoms with van der Waals surface area (Å²) in [6, 6.07) is 15.9. The Morgan fingerprint density at radius 2 is 1.72 bits per heavy atom. The highest BCUT2D eigenvalue weighted by atomic mass is 32.2. The molecule has 0 aromatic heterocycles. The zero-order valence-corrected chi connectivity index (χ0v) is 17.4. The van der Waals surface area contributed by atoms with Crippen LogP contribution >= 0.6 is 0 Å². The number of nitrogens with zero attached hydrogens (tertiary/aromatic N) is 1. The average Bonchev–Trinajstić information content (AvgIpc) is 3.16. The van der Waals surface area contributed by atoms with E-state index in [1.807, 2.05) is 30.3 Å². The SMILES string of the molecule is CC(C)S(=O)(=O)NC1CCCC1c1ccc(NC(=O)c2ccc(C#N)cc2)cc1. The van der Waals surface area contributed by atoms with E-state index in [9.17, 15) is 13.2 Å². The van der Waals surface area contributed by atoms with Gasteiger partial charge in [-0.25, -0.2) is 13.1 Å². The smallest absolute Gasteiger partial charge is 0.255 e. The minimum atomic E-state index is -3.31. The number of sulfonamides is 1. The molecule has 1 saturated carbocycles. The van der Waals surface area contributed by atoms with E-state index in [0.717, 1.165) is 24.8 Å². The van der Waals surface area contributed by atoms with E-state index in [-0.39, 0.29) is 17.9 Å². The Labute approximate surface area is 172 Å². The molecule has 7 heteroatoms. The lowest BCUT2D eigenvalue weighted by atomic mass is 9.94. The van der Waals surface area contributed by atoms with E-state index >= 15 is 0 Å². The van der Waals surface area contributed by atoms with Crippen molar-refractivity contribution >= 4 is 21.6 Å². The Hall–Kier alpha value is -2.69. The molecular formula is C22H25N3O3S. The van der Waals surface area contributed by atoms with Crippen LogP contribution in [0, 0.1) is 11.3 Å². The van der Waals surface area contributed by atoms with E-state index in [4.69, 9.17) is 5.26 Å². The summed E-state index contributed by atoms with van der Waals surface area (Å²) >= 11 is 0. The maximum Gasteiger partial charge on any atom is 0.255 e. The molecule has 0 spiro atoms. The molecule has 152 valence electrons. The third-order valence-electron chi connectivity index (χ3n) is 5.33. The van der Waals surface area contributed by atoms with Gasteiger partial charge in [0.25, 0.3) is 5.91 Å². The summed E-state index contributed by atoms with van der Waals surface area (Å²) in [4.78, 5) is 12.4. The lowest BCUT2D eigenvalue weighted by molar-refractivity contribution is 0.102. The van der Waals surface area contributed by atoms with Crippen molar-refractivity contribution in [3.63, 3.8) is 0 Å². The maximum absolute atomic E-state index is 12.4. The quantitative estimate of drug-likeness (QED) is 0.756. The van der Waals surface area contributed by atoms with Gasteiger partial charge >= 0.3 is 0 Å². The van der Waals surface area contributed by atoms with Crippen molar-refractivity contribution in [2.45, 2.75) is 50.3 Å². The molecule has 29 heavy (non-hydrogen) atoms. The minimum absolute atomic E-state index is 0.0958. The van der Waals surface area contributed by atoms with Gasteiger partial charge in [-0.3, -0.25) is 4.79 Å². The second-order valence-corrected chi connectivity index (χ2v) is 9.89. The lowest BCUT2D eigenvalue weighted by Gasteiger charge is -2.23. The first-order valence-corrected chi connectivity index (χ1v) is 11.3. The number of carbonyl (C=O) groups excluding carboxylic acids is 1. The molecule has 1 amide bonds. The van der Waals surface area contributed by atoms with Crippen molar-refractivity contribution in [2.24, 2.45) is 0 Å². The number of nitriles is 1. The zero-order valence-electron chi connectivity index (χ0n) is 16.6. The predicted molar refractivity (Wildman–Crippen MR) is 113 cm³/mol. The number of nitrogens with one attached hydrogen (secondary N) is 2. The molecule has 1 fully saturated rings. The van der Waals surface area contributed by atoms with Crippen LogP contribution in [0.15, 0.2) is 48.5 Å². The molecule has 0 bridgehead atoms. The first-order valence-electron chi connectivity index (χ1n) is 9.73. The van der Waals surface area contributed by atoms with E-state index < -0.39 is 15.3 Å². The molecule has 0 aliphatic heterocycles. The van der Waals surface area contributed by atoms with Gasteiger partial charge in [-0.2, -0.15) is 5.26 Å². The Balaban J connectivity index is 1.67. The van der Waals surface area contributed by atoms with Crippen molar-refractivity contribution in [2.75, 3.05) is 5.32 Å². The summed E-state index contributed by atoms with van der Waals surface area (Å²) in [5.74, 6) is -0.113. The highest BCUT2D eigenvalue weighted by Gasteiger charge is 2.32. The molecule has 3 rings (SSSR count). The molecule has 1 aliphatic rings. The monoisotopic (exact) mass is 411 g/mol. The largest absolute Gasteiger partial charge is 0.322 e. The van der Waals surface area contributed by atoms with Crippen molar-refractivity contribution < 1.29 is 13.2 Å². The van der Waals surface area contributed by atoms with Crippen LogP contribution in [0.3, 0.4) is 0 Å². The van der Waals surface area contributed by atoms with Gasteiger partial charge in [-0.05, 0) is 68.7 Å². The van der Waals surface area contributed by atoms with Gasteiger partial charge in [0.2, 0.25) is 10.0 Å². The molecule has 2 N–H and O–H groups in total. The maximum atomic E-state index is 12.4. The third-order valence-corrected chi connectivity index (χ3v) is 7.20. The van der Waals surface area contributed by atoms with Gasteiger partial charge in [0.05, 0.1) is 16.9 Å². The normalized spacial score (nSPS) is 19.1. The van der Waals surface area contributed by atoms with Crippen LogP contribution in [0.4, 0.5) is 5.69 Å².